The molecule has 4 saturated heterocycles. The minimum absolute atomic E-state index is 0.00405. The summed E-state index contributed by atoms with van der Waals surface area (Å²) in [5, 5.41) is 0. The predicted octanol–water partition coefficient (Wildman–Crippen LogP) is 8.57. The fourth-order valence-corrected chi connectivity index (χ4v) is 9.64. The third kappa shape index (κ3) is 19.5. The Hall–Kier alpha value is -7.61. The van der Waals surface area contributed by atoms with Crippen LogP contribution in [0.25, 0.3) is 11.1 Å². The lowest BCUT2D eigenvalue weighted by molar-refractivity contribution is -0.133. The van der Waals surface area contributed by atoms with Crippen LogP contribution in [0.1, 0.15) is 101 Å². The molecule has 7 aromatic rings. The van der Waals surface area contributed by atoms with Gasteiger partial charge in [0, 0.05) is 145 Å². The van der Waals surface area contributed by atoms with E-state index >= 15 is 0 Å². The molecule has 3 unspecified atom stereocenters. The molecule has 7 aromatic heterocycles. The normalized spacial score (nSPS) is 18.5. The molecule has 0 bridgehead atoms. The first kappa shape index (κ1) is 67.5. The Balaban J connectivity index is 0.000000166. The molecule has 0 saturated carbocycles. The summed E-state index contributed by atoms with van der Waals surface area (Å²) in [6.07, 6.45) is 15.9. The summed E-state index contributed by atoms with van der Waals surface area (Å²) < 4.78 is 54.1. The van der Waals surface area contributed by atoms with Gasteiger partial charge in [0.1, 0.15) is 11.6 Å². The molecule has 4 fully saturated rings. The average Bonchev–Trinajstić information content (AvgIpc) is 2.24. The highest BCUT2D eigenvalue weighted by Gasteiger charge is 2.51. The molecule has 4 N–H and O–H groups in total. The van der Waals surface area contributed by atoms with Gasteiger partial charge in [-0.1, -0.05) is 34.1 Å². The van der Waals surface area contributed by atoms with Gasteiger partial charge < -0.3 is 44.6 Å². The van der Waals surface area contributed by atoms with E-state index in [1.807, 2.05) is 67.0 Å². The molecular weight excluding hydrogens is 1240 g/mol. The number of amides is 3. The topological polar surface area (TPSA) is 240 Å². The number of carbonyl (C=O) groups is 3. The second-order valence-electron chi connectivity index (χ2n) is 22.1. The Kier molecular flexibility index (Phi) is 24.1. The Morgan fingerprint density at radius 3 is 1.36 bits per heavy atom. The van der Waals surface area contributed by atoms with Crippen molar-refractivity contribution < 1.29 is 36.9 Å². The monoisotopic (exact) mass is 1310 g/mol. The first-order valence-electron chi connectivity index (χ1n) is 27.6. The number of nitrogens with zero attached hydrogens (tertiary/aromatic N) is 10. The highest BCUT2D eigenvalue weighted by molar-refractivity contribution is 9.10. The number of anilines is 2. The van der Waals surface area contributed by atoms with Crippen LogP contribution in [0.5, 0.6) is 0 Å². The Morgan fingerprint density at radius 1 is 0.512 bits per heavy atom. The van der Waals surface area contributed by atoms with E-state index < -0.39 is 25.0 Å². The van der Waals surface area contributed by atoms with E-state index in [9.17, 15) is 37.1 Å². The summed E-state index contributed by atoms with van der Waals surface area (Å²) in [5.74, 6) is 0.849. The number of carbonyl (C=O) groups excluding carboxylic acids is 3. The van der Waals surface area contributed by atoms with Gasteiger partial charge in [-0.15, -0.1) is 0 Å². The maximum Gasteiger partial charge on any atom is 0.496 e. The van der Waals surface area contributed by atoms with Crippen molar-refractivity contribution in [2.75, 3.05) is 52.2 Å². The molecule has 0 radical (unpaired) electrons. The molecule has 0 aliphatic carbocycles. The third-order valence-electron chi connectivity index (χ3n) is 15.4. The van der Waals surface area contributed by atoms with Crippen molar-refractivity contribution in [3.05, 3.63) is 186 Å². The minimum Gasteiger partial charge on any atom is -0.399 e. The quantitative estimate of drug-likeness (QED) is 0.121. The van der Waals surface area contributed by atoms with Crippen LogP contribution in [-0.2, 0) is 37.8 Å². The highest BCUT2D eigenvalue weighted by atomic mass is 79.9. The number of nitrogen functional groups attached to an aromatic ring is 2. The van der Waals surface area contributed by atoms with Crippen molar-refractivity contribution in [3.8, 4) is 11.1 Å². The number of nitrogens with two attached hydrogens (primary N) is 2. The lowest BCUT2D eigenvalue weighted by Crippen LogP contribution is -2.41. The number of halogens is 5. The van der Waals surface area contributed by atoms with Crippen LogP contribution < -0.4 is 28.0 Å². The summed E-state index contributed by atoms with van der Waals surface area (Å²) in [7, 11) is 8.42. The van der Waals surface area contributed by atoms with E-state index in [4.69, 9.17) is 20.8 Å². The molecule has 25 heteroatoms. The van der Waals surface area contributed by atoms with Crippen molar-refractivity contribution in [1.29, 1.82) is 0 Å². The number of pyridine rings is 7. The van der Waals surface area contributed by atoms with Crippen LogP contribution in [0.2, 0.25) is 0 Å². The van der Waals surface area contributed by atoms with Crippen LogP contribution in [-0.4, -0.2) is 126 Å². The summed E-state index contributed by atoms with van der Waals surface area (Å²) >= 11 is 6.54. The summed E-state index contributed by atoms with van der Waals surface area (Å²) in [6, 6.07) is 21.2. The Morgan fingerprint density at radius 2 is 0.953 bits per heavy atom. The number of rotatable bonds is 5. The molecule has 0 aromatic carbocycles. The van der Waals surface area contributed by atoms with Crippen LogP contribution >= 0.6 is 31.9 Å². The third-order valence-corrected chi connectivity index (χ3v) is 16.5. The van der Waals surface area contributed by atoms with Gasteiger partial charge in [0.2, 0.25) is 35.6 Å². The van der Waals surface area contributed by atoms with Gasteiger partial charge in [0.05, 0.1) is 15.7 Å². The van der Waals surface area contributed by atoms with E-state index in [2.05, 4.69) is 56.8 Å². The Bertz CT molecular complexity index is 3440. The lowest BCUT2D eigenvalue weighted by atomic mass is 9.80. The number of likely N-dealkylation sites (tertiary alicyclic amines) is 3. The largest absolute Gasteiger partial charge is 0.496 e. The van der Waals surface area contributed by atoms with Crippen molar-refractivity contribution in [3.63, 3.8) is 0 Å². The van der Waals surface area contributed by atoms with Gasteiger partial charge >= 0.3 is 7.12 Å². The van der Waals surface area contributed by atoms with Crippen molar-refractivity contribution in [2.24, 2.45) is 14.1 Å². The zero-order valence-corrected chi connectivity index (χ0v) is 52.8. The molecule has 3 atom stereocenters. The first-order valence-corrected chi connectivity index (χ1v) is 29.2. The van der Waals surface area contributed by atoms with Gasteiger partial charge in [0.15, 0.2) is 0 Å². The standard InChI is InChI=1S/C11H15BFNO2.C11H14BrN3O.C11H13FN2O.C11H9FN2O.C11H15N3O.C6H6BrNO/c1-10(2)11(3,4)16-12(15-10)8-5-6-9(13)14-7-8;1-15-3-2-7(5-10(15)16)8-4-9(12)11(13)14-6-8;3*1-14-5-4-8(6-11(14)15)9-2-3-10(12)13-7-9;1-8-3-2-5(7)4-6(8)9/h5-7H,1-4H3;4,6-7H,2-3,5H2,1H3,(H2,13,14);2-3,7-8H,4-6H2,1H3;2-7H,1H3;2-3,7-8H,4-6H2,1H3,(H2,12,13);2-4H,1H3. The van der Waals surface area contributed by atoms with E-state index in [0.717, 1.165) is 81.1 Å². The molecule has 0 spiro atoms. The lowest BCUT2D eigenvalue weighted by Gasteiger charge is -2.32. The van der Waals surface area contributed by atoms with Gasteiger partial charge in [-0.3, -0.25) is 24.0 Å². The fourth-order valence-electron chi connectivity index (χ4n) is 8.96. The molecule has 4 aliphatic rings. The maximum atomic E-state index is 12.7. The zero-order valence-electron chi connectivity index (χ0n) is 49.6. The fraction of sp³-hybridized carbons (Fsp3) is 0.377. The first-order chi connectivity index (χ1) is 40.6. The van der Waals surface area contributed by atoms with E-state index in [0.29, 0.717) is 36.8 Å². The molecule has 86 heavy (non-hydrogen) atoms. The van der Waals surface area contributed by atoms with E-state index in [-0.39, 0.29) is 51.9 Å². The van der Waals surface area contributed by atoms with Crippen LogP contribution in [0.15, 0.2) is 141 Å². The molecule has 11 rings (SSSR count). The SMILES string of the molecule is CC1(C)OB(c2ccc(F)nc2)OC1(C)C.CN1CCC(c2ccc(F)nc2)CC1=O.CN1CCC(c2ccc(N)nc2)CC1=O.CN1CCC(c2cnc(N)c(Br)c2)CC1=O.Cn1ccc(-c2ccc(F)nc2)cc1=O.Cn1ccc(Br)cc1=O. The van der Waals surface area contributed by atoms with Crippen LogP contribution in [0.4, 0.5) is 24.8 Å². The summed E-state index contributed by atoms with van der Waals surface area (Å²) in [5.41, 5.74) is 15.7. The van der Waals surface area contributed by atoms with Gasteiger partial charge in [-0.25, -0.2) is 24.9 Å². The van der Waals surface area contributed by atoms with Crippen LogP contribution in [0, 0.1) is 17.8 Å². The summed E-state index contributed by atoms with van der Waals surface area (Å²) in [4.78, 5) is 80.9. The van der Waals surface area contributed by atoms with Crippen molar-refractivity contribution in [2.45, 2.75) is 95.2 Å². The number of aryl methyl sites for hydroxylation is 2. The molecular formula is C61H72BBr2F3N12O7. The molecule has 4 aliphatic heterocycles. The summed E-state index contributed by atoms with van der Waals surface area (Å²) in [6.45, 7) is 10.3. The van der Waals surface area contributed by atoms with E-state index in [1.54, 1.807) is 83.9 Å². The van der Waals surface area contributed by atoms with Crippen molar-refractivity contribution in [1.82, 2.24) is 48.8 Å². The average molecular weight is 1310 g/mol. The Labute approximate surface area is 515 Å². The highest BCUT2D eigenvalue weighted by Crippen LogP contribution is 2.37. The second kappa shape index (κ2) is 30.7. The zero-order chi connectivity index (χ0) is 63.0. The smallest absolute Gasteiger partial charge is 0.399 e. The number of hydrogen-bond donors (Lipinski definition) is 2. The number of hydrogen-bond acceptors (Lipinski definition) is 14. The van der Waals surface area contributed by atoms with Crippen LogP contribution in [0.3, 0.4) is 0 Å². The molecule has 19 nitrogen and oxygen atoms in total. The second-order valence-corrected chi connectivity index (χ2v) is 23.9. The molecule has 456 valence electrons. The maximum absolute atomic E-state index is 12.7. The van der Waals surface area contributed by atoms with Gasteiger partial charge in [0.25, 0.3) is 11.1 Å². The van der Waals surface area contributed by atoms with E-state index in [1.165, 1.54) is 58.1 Å². The molecule has 11 heterocycles. The minimum atomic E-state index is -0.525. The molecule has 3 amide bonds. The van der Waals surface area contributed by atoms with Gasteiger partial charge in [-0.2, -0.15) is 13.2 Å². The predicted molar refractivity (Wildman–Crippen MR) is 332 cm³/mol. The number of piperidine rings is 3. The van der Waals surface area contributed by atoms with Crippen molar-refractivity contribution >= 4 is 73.8 Å². The number of aromatic nitrogens is 7. The van der Waals surface area contributed by atoms with Gasteiger partial charge in [-0.05, 0) is 151 Å².